The Balaban J connectivity index is 1.52. The number of aryl methyl sites for hydroxylation is 1. The van der Waals surface area contributed by atoms with E-state index in [1.807, 2.05) is 0 Å². The van der Waals surface area contributed by atoms with Gasteiger partial charge in [0.2, 0.25) is 0 Å². The molecule has 3 aliphatic rings. The number of benzene rings is 2. The molecular weight excluding hydrogens is 483 g/mol. The zero-order valence-electron chi connectivity index (χ0n) is 18.6. The van der Waals surface area contributed by atoms with Gasteiger partial charge in [0.15, 0.2) is 5.84 Å². The van der Waals surface area contributed by atoms with Crippen LogP contribution in [0.2, 0.25) is 0 Å². The van der Waals surface area contributed by atoms with Crippen LogP contribution in [0.1, 0.15) is 36.0 Å². The molecule has 7 nitrogen and oxygen atoms in total. The largest absolute Gasteiger partial charge is 0.511 e. The highest BCUT2D eigenvalue weighted by Crippen LogP contribution is 2.42. The number of aliphatic hydroxyl groups excluding tert-OH is 1. The standard InChI is InChI=1S/C24H22F3N3O4S/c1-13-5-10-17-19(11-13)35(33,34)29-22(28-17)20-21(31)16-3-2-4-18(16)30(23(20)32)12-14-6-8-15(9-7-14)24(25,26)27/h5-11,16,18,31H,2-4,12H2,1H3,(H,28,29)/t16-,18+/m1/s1. The monoisotopic (exact) mass is 505 g/mol. The molecule has 11 heteroatoms. The second-order valence-corrected chi connectivity index (χ2v) is 10.6. The Bertz CT molecular complexity index is 1380. The van der Waals surface area contributed by atoms with Gasteiger partial charge in [0.05, 0.1) is 11.3 Å². The molecule has 2 atom stereocenters. The van der Waals surface area contributed by atoms with E-state index in [4.69, 9.17) is 0 Å². The smallest absolute Gasteiger partial charge is 0.416 e. The number of carbonyl (C=O) groups is 1. The van der Waals surface area contributed by atoms with Gasteiger partial charge in [0, 0.05) is 18.5 Å². The number of nitrogens with one attached hydrogen (secondary N) is 1. The van der Waals surface area contributed by atoms with E-state index in [0.717, 1.165) is 24.1 Å². The molecule has 184 valence electrons. The molecule has 1 saturated carbocycles. The van der Waals surface area contributed by atoms with Crippen LogP contribution in [0.25, 0.3) is 0 Å². The molecule has 0 aromatic heterocycles. The minimum atomic E-state index is -4.47. The van der Waals surface area contributed by atoms with Crippen LogP contribution in [-0.2, 0) is 27.5 Å². The summed E-state index contributed by atoms with van der Waals surface area (Å²) >= 11 is 0. The van der Waals surface area contributed by atoms with Gasteiger partial charge in [-0.15, -0.1) is 4.40 Å². The van der Waals surface area contributed by atoms with Crippen LogP contribution in [0, 0.1) is 12.8 Å². The van der Waals surface area contributed by atoms with Crippen molar-refractivity contribution >= 4 is 27.5 Å². The van der Waals surface area contributed by atoms with Gasteiger partial charge in [-0.3, -0.25) is 4.79 Å². The van der Waals surface area contributed by atoms with E-state index < -0.39 is 33.6 Å². The first-order chi connectivity index (χ1) is 16.5. The lowest BCUT2D eigenvalue weighted by molar-refractivity contribution is -0.137. The van der Waals surface area contributed by atoms with E-state index in [9.17, 15) is 31.5 Å². The molecule has 0 spiro atoms. The van der Waals surface area contributed by atoms with Crippen molar-refractivity contribution in [1.82, 2.24) is 4.90 Å². The van der Waals surface area contributed by atoms with Crippen LogP contribution >= 0.6 is 0 Å². The maximum absolute atomic E-state index is 13.6. The predicted molar refractivity (Wildman–Crippen MR) is 122 cm³/mol. The molecule has 35 heavy (non-hydrogen) atoms. The van der Waals surface area contributed by atoms with Crippen molar-refractivity contribution in [3.8, 4) is 0 Å². The van der Waals surface area contributed by atoms with Crippen LogP contribution in [0.3, 0.4) is 0 Å². The number of rotatable bonds is 3. The molecule has 2 heterocycles. The average molecular weight is 506 g/mol. The molecule has 0 radical (unpaired) electrons. The molecule has 2 aromatic carbocycles. The van der Waals surface area contributed by atoms with Crippen molar-refractivity contribution < 1.29 is 31.5 Å². The lowest BCUT2D eigenvalue weighted by Gasteiger charge is -2.39. The van der Waals surface area contributed by atoms with E-state index >= 15 is 0 Å². The van der Waals surface area contributed by atoms with Gasteiger partial charge >= 0.3 is 6.18 Å². The van der Waals surface area contributed by atoms with Gasteiger partial charge in [-0.05, 0) is 55.2 Å². The van der Waals surface area contributed by atoms with E-state index in [1.54, 1.807) is 19.1 Å². The number of amidine groups is 1. The lowest BCUT2D eigenvalue weighted by Crippen LogP contribution is -2.49. The fraction of sp³-hybridized carbons (Fsp3) is 0.333. The maximum Gasteiger partial charge on any atom is 0.416 e. The summed E-state index contributed by atoms with van der Waals surface area (Å²) in [5.74, 6) is -1.50. The minimum absolute atomic E-state index is 0.0186. The quantitative estimate of drug-likeness (QED) is 0.638. The van der Waals surface area contributed by atoms with Gasteiger partial charge in [-0.25, -0.2) is 0 Å². The summed E-state index contributed by atoms with van der Waals surface area (Å²) < 4.78 is 68.3. The average Bonchev–Trinajstić information content (AvgIpc) is 3.27. The fourth-order valence-electron chi connectivity index (χ4n) is 5.00. The van der Waals surface area contributed by atoms with Crippen molar-refractivity contribution in [1.29, 1.82) is 0 Å². The highest BCUT2D eigenvalue weighted by atomic mass is 32.2. The number of alkyl halides is 3. The molecule has 1 fully saturated rings. The molecule has 1 aliphatic carbocycles. The highest BCUT2D eigenvalue weighted by Gasteiger charge is 2.46. The molecular formula is C24H22F3N3O4S. The van der Waals surface area contributed by atoms with E-state index in [1.165, 1.54) is 23.1 Å². The van der Waals surface area contributed by atoms with Gasteiger partial charge in [-0.1, -0.05) is 24.6 Å². The van der Waals surface area contributed by atoms with Crippen molar-refractivity contribution in [3.63, 3.8) is 0 Å². The summed E-state index contributed by atoms with van der Waals surface area (Å²) in [6.45, 7) is 1.76. The third-order valence-corrected chi connectivity index (χ3v) is 8.03. The minimum Gasteiger partial charge on any atom is -0.511 e. The zero-order chi connectivity index (χ0) is 25.1. The molecule has 2 N–H and O–H groups in total. The van der Waals surface area contributed by atoms with Gasteiger partial charge in [0.25, 0.3) is 15.9 Å². The first-order valence-electron chi connectivity index (χ1n) is 11.1. The number of halogens is 3. The molecule has 0 bridgehead atoms. The van der Waals surface area contributed by atoms with Crippen molar-refractivity contribution in [2.75, 3.05) is 5.32 Å². The van der Waals surface area contributed by atoms with Crippen LogP contribution in [0.15, 0.2) is 63.1 Å². The summed E-state index contributed by atoms with van der Waals surface area (Å²) in [6.07, 6.45) is -2.52. The molecule has 0 saturated heterocycles. The summed E-state index contributed by atoms with van der Waals surface area (Å²) in [4.78, 5) is 15.1. The van der Waals surface area contributed by atoms with Crippen LogP contribution in [0.5, 0.6) is 0 Å². The third-order valence-electron chi connectivity index (χ3n) is 6.71. The number of sulfonamides is 1. The number of carbonyl (C=O) groups excluding carboxylic acids is 1. The topological polar surface area (TPSA) is 99.1 Å². The molecule has 1 amide bonds. The Hall–Kier alpha value is -3.34. The number of amides is 1. The van der Waals surface area contributed by atoms with Crippen molar-refractivity contribution in [2.24, 2.45) is 10.3 Å². The van der Waals surface area contributed by atoms with Gasteiger partial charge in [-0.2, -0.15) is 21.6 Å². The highest BCUT2D eigenvalue weighted by molar-refractivity contribution is 7.90. The molecule has 2 aliphatic heterocycles. The Labute approximate surface area is 200 Å². The van der Waals surface area contributed by atoms with E-state index in [2.05, 4.69) is 9.71 Å². The lowest BCUT2D eigenvalue weighted by atomic mass is 9.89. The number of anilines is 1. The summed E-state index contributed by atoms with van der Waals surface area (Å²) in [6, 6.07) is 8.97. The van der Waals surface area contributed by atoms with Gasteiger partial charge in [0.1, 0.15) is 16.2 Å². The Kier molecular flexibility index (Phi) is 5.42. The summed E-state index contributed by atoms with van der Waals surface area (Å²) in [7, 11) is -4.12. The molecule has 5 rings (SSSR count). The SMILES string of the molecule is Cc1ccc2c(c1)S(=O)(=O)N=C(C1=C(O)[C@@H]3CCC[C@@H]3N(Cc3ccc(C(F)(F)F)cc3)C1=O)N2. The number of hydrogen-bond acceptors (Lipinski definition) is 5. The second kappa shape index (κ2) is 8.11. The Morgan fingerprint density at radius 3 is 2.54 bits per heavy atom. The van der Waals surface area contributed by atoms with E-state index in [0.29, 0.717) is 18.4 Å². The number of aliphatic hydroxyl groups is 1. The summed E-state index contributed by atoms with van der Waals surface area (Å²) in [5.41, 5.74) is 0.444. The molecule has 0 unspecified atom stereocenters. The second-order valence-electron chi connectivity index (χ2n) is 9.03. The van der Waals surface area contributed by atoms with Gasteiger partial charge < -0.3 is 15.3 Å². The van der Waals surface area contributed by atoms with Crippen molar-refractivity contribution in [3.05, 3.63) is 70.5 Å². The first kappa shape index (κ1) is 23.4. The number of hydrogen-bond donors (Lipinski definition) is 2. The van der Waals surface area contributed by atoms with Crippen LogP contribution in [0.4, 0.5) is 18.9 Å². The maximum atomic E-state index is 13.6. The molecule has 2 aromatic rings. The summed E-state index contributed by atoms with van der Waals surface area (Å²) in [5, 5.41) is 13.9. The Morgan fingerprint density at radius 2 is 1.86 bits per heavy atom. The zero-order valence-corrected chi connectivity index (χ0v) is 19.4. The normalized spacial score (nSPS) is 23.5. The first-order valence-corrected chi connectivity index (χ1v) is 12.5. The number of nitrogens with zero attached hydrogens (tertiary/aromatic N) is 2. The fourth-order valence-corrected chi connectivity index (χ4v) is 6.21. The van der Waals surface area contributed by atoms with Crippen molar-refractivity contribution in [2.45, 2.75) is 49.8 Å². The van der Waals surface area contributed by atoms with Crippen LogP contribution < -0.4 is 5.32 Å². The third kappa shape index (κ3) is 4.07. The Morgan fingerprint density at radius 1 is 1.14 bits per heavy atom. The number of fused-ring (bicyclic) bond motifs is 2. The van der Waals surface area contributed by atoms with Crippen LogP contribution in [-0.4, -0.2) is 36.2 Å². The predicted octanol–water partition coefficient (Wildman–Crippen LogP) is 4.55. The van der Waals surface area contributed by atoms with E-state index in [-0.39, 0.29) is 40.3 Å².